The summed E-state index contributed by atoms with van der Waals surface area (Å²) in [6.07, 6.45) is 10.1. The Bertz CT molecular complexity index is 429. The minimum Gasteiger partial charge on any atom is -0.493 e. The van der Waals surface area contributed by atoms with Gasteiger partial charge in [-0.1, -0.05) is 31.4 Å². The normalized spacial score (nSPS) is 26.6. The van der Waals surface area contributed by atoms with Gasteiger partial charge in [0, 0.05) is 12.5 Å². The fourth-order valence-corrected chi connectivity index (χ4v) is 3.52. The number of hydrogen-bond donors (Lipinski definition) is 1. The zero-order chi connectivity index (χ0) is 13.1. The Kier molecular flexibility index (Phi) is 4.07. The SMILES string of the molecule is NC1CCCCCC1CCc1ccc2c(c1)CCO2. The van der Waals surface area contributed by atoms with Gasteiger partial charge in [0.1, 0.15) is 5.75 Å². The molecule has 1 aromatic rings. The second-order valence-electron chi connectivity index (χ2n) is 6.14. The molecule has 1 aliphatic heterocycles. The van der Waals surface area contributed by atoms with E-state index in [-0.39, 0.29) is 0 Å². The van der Waals surface area contributed by atoms with E-state index in [1.807, 2.05) is 0 Å². The lowest BCUT2D eigenvalue weighted by molar-refractivity contribution is 0.356. The van der Waals surface area contributed by atoms with E-state index in [1.54, 1.807) is 0 Å². The van der Waals surface area contributed by atoms with Crippen molar-refractivity contribution in [2.45, 2.75) is 57.4 Å². The Labute approximate surface area is 116 Å². The molecular weight excluding hydrogens is 234 g/mol. The van der Waals surface area contributed by atoms with Crippen LogP contribution in [0.15, 0.2) is 18.2 Å². The summed E-state index contributed by atoms with van der Waals surface area (Å²) in [6, 6.07) is 7.14. The Morgan fingerprint density at radius 1 is 1.16 bits per heavy atom. The summed E-state index contributed by atoms with van der Waals surface area (Å²) in [5.41, 5.74) is 9.16. The molecule has 2 aliphatic rings. The molecule has 2 heteroatoms. The molecule has 0 radical (unpaired) electrons. The van der Waals surface area contributed by atoms with E-state index in [0.29, 0.717) is 6.04 Å². The van der Waals surface area contributed by atoms with Crippen molar-refractivity contribution in [3.63, 3.8) is 0 Å². The van der Waals surface area contributed by atoms with Crippen LogP contribution >= 0.6 is 0 Å². The molecule has 2 unspecified atom stereocenters. The van der Waals surface area contributed by atoms with Gasteiger partial charge in [0.25, 0.3) is 0 Å². The van der Waals surface area contributed by atoms with E-state index in [9.17, 15) is 0 Å². The Morgan fingerprint density at radius 3 is 3.00 bits per heavy atom. The summed E-state index contributed by atoms with van der Waals surface area (Å²) < 4.78 is 5.56. The molecule has 2 atom stereocenters. The van der Waals surface area contributed by atoms with Gasteiger partial charge in [-0.25, -0.2) is 0 Å². The van der Waals surface area contributed by atoms with Crippen LogP contribution in [-0.4, -0.2) is 12.6 Å². The quantitative estimate of drug-likeness (QED) is 0.844. The van der Waals surface area contributed by atoms with Crippen LogP contribution in [-0.2, 0) is 12.8 Å². The average Bonchev–Trinajstić information content (AvgIpc) is 2.79. The lowest BCUT2D eigenvalue weighted by atomic mass is 9.89. The van der Waals surface area contributed by atoms with E-state index in [1.165, 1.54) is 56.1 Å². The van der Waals surface area contributed by atoms with Gasteiger partial charge in [-0.3, -0.25) is 0 Å². The molecule has 0 bridgehead atoms. The molecule has 2 nitrogen and oxygen atoms in total. The lowest BCUT2D eigenvalue weighted by Crippen LogP contribution is -2.29. The summed E-state index contributed by atoms with van der Waals surface area (Å²) in [6.45, 7) is 0.853. The van der Waals surface area contributed by atoms with Crippen molar-refractivity contribution in [1.82, 2.24) is 0 Å². The van der Waals surface area contributed by atoms with Crippen molar-refractivity contribution in [3.05, 3.63) is 29.3 Å². The van der Waals surface area contributed by atoms with E-state index < -0.39 is 0 Å². The largest absolute Gasteiger partial charge is 0.493 e. The van der Waals surface area contributed by atoms with Gasteiger partial charge < -0.3 is 10.5 Å². The summed E-state index contributed by atoms with van der Waals surface area (Å²) in [5, 5.41) is 0. The maximum Gasteiger partial charge on any atom is 0.122 e. The second-order valence-corrected chi connectivity index (χ2v) is 6.14. The maximum atomic E-state index is 6.31. The standard InChI is InChI=1S/C17H25NO/c18-16-5-3-1-2-4-14(16)8-6-13-7-9-17-15(12-13)10-11-19-17/h7,9,12,14,16H,1-6,8,10-11,18H2. The van der Waals surface area contributed by atoms with Crippen LogP contribution in [0.4, 0.5) is 0 Å². The molecule has 0 spiro atoms. The van der Waals surface area contributed by atoms with E-state index in [0.717, 1.165) is 24.7 Å². The Morgan fingerprint density at radius 2 is 2.05 bits per heavy atom. The predicted octanol–water partition coefficient (Wildman–Crippen LogP) is 3.46. The number of ether oxygens (including phenoxy) is 1. The zero-order valence-corrected chi connectivity index (χ0v) is 11.7. The third-order valence-electron chi connectivity index (χ3n) is 4.78. The molecule has 2 N–H and O–H groups in total. The topological polar surface area (TPSA) is 35.2 Å². The average molecular weight is 259 g/mol. The first kappa shape index (κ1) is 13.0. The first-order valence-corrected chi connectivity index (χ1v) is 7.83. The molecule has 0 aromatic heterocycles. The monoisotopic (exact) mass is 259 g/mol. The molecular formula is C17H25NO. The van der Waals surface area contributed by atoms with Crippen molar-refractivity contribution < 1.29 is 4.74 Å². The minimum atomic E-state index is 0.431. The summed E-state index contributed by atoms with van der Waals surface area (Å²) >= 11 is 0. The molecule has 1 aromatic carbocycles. The van der Waals surface area contributed by atoms with Crippen molar-refractivity contribution >= 4 is 0 Å². The van der Waals surface area contributed by atoms with E-state index >= 15 is 0 Å². The van der Waals surface area contributed by atoms with Gasteiger partial charge in [0.2, 0.25) is 0 Å². The van der Waals surface area contributed by atoms with Crippen LogP contribution in [0.5, 0.6) is 5.75 Å². The lowest BCUT2D eigenvalue weighted by Gasteiger charge is -2.21. The first-order chi connectivity index (χ1) is 9.33. The third kappa shape index (κ3) is 3.11. The van der Waals surface area contributed by atoms with Gasteiger partial charge in [0.05, 0.1) is 6.61 Å². The number of benzene rings is 1. The highest BCUT2D eigenvalue weighted by Gasteiger charge is 2.20. The number of aryl methyl sites for hydroxylation is 1. The maximum absolute atomic E-state index is 6.31. The summed E-state index contributed by atoms with van der Waals surface area (Å²) in [5.74, 6) is 1.82. The summed E-state index contributed by atoms with van der Waals surface area (Å²) in [7, 11) is 0. The van der Waals surface area contributed by atoms with E-state index in [4.69, 9.17) is 10.5 Å². The van der Waals surface area contributed by atoms with Gasteiger partial charge in [0.15, 0.2) is 0 Å². The van der Waals surface area contributed by atoms with Gasteiger partial charge in [-0.05, 0) is 48.8 Å². The molecule has 1 aliphatic carbocycles. The number of nitrogens with two attached hydrogens (primary N) is 1. The van der Waals surface area contributed by atoms with Crippen LogP contribution in [0.3, 0.4) is 0 Å². The molecule has 0 amide bonds. The number of hydrogen-bond acceptors (Lipinski definition) is 2. The van der Waals surface area contributed by atoms with Gasteiger partial charge in [-0.15, -0.1) is 0 Å². The second kappa shape index (κ2) is 5.96. The van der Waals surface area contributed by atoms with Crippen LogP contribution < -0.4 is 10.5 Å². The number of rotatable bonds is 3. The van der Waals surface area contributed by atoms with Gasteiger partial charge >= 0.3 is 0 Å². The van der Waals surface area contributed by atoms with Crippen LogP contribution in [0.1, 0.15) is 49.7 Å². The fraction of sp³-hybridized carbons (Fsp3) is 0.647. The van der Waals surface area contributed by atoms with Gasteiger partial charge in [-0.2, -0.15) is 0 Å². The predicted molar refractivity (Wildman–Crippen MR) is 78.5 cm³/mol. The number of fused-ring (bicyclic) bond motifs is 1. The molecule has 0 saturated heterocycles. The van der Waals surface area contributed by atoms with Crippen molar-refractivity contribution in [2.75, 3.05) is 6.61 Å². The van der Waals surface area contributed by atoms with Crippen LogP contribution in [0.2, 0.25) is 0 Å². The smallest absolute Gasteiger partial charge is 0.122 e. The molecule has 3 rings (SSSR count). The highest BCUT2D eigenvalue weighted by Crippen LogP contribution is 2.29. The molecule has 1 saturated carbocycles. The van der Waals surface area contributed by atoms with Crippen LogP contribution in [0, 0.1) is 5.92 Å². The molecule has 1 fully saturated rings. The summed E-state index contributed by atoms with van der Waals surface area (Å²) in [4.78, 5) is 0. The van der Waals surface area contributed by atoms with E-state index in [2.05, 4.69) is 18.2 Å². The fourth-order valence-electron chi connectivity index (χ4n) is 3.52. The Balaban J connectivity index is 1.59. The first-order valence-electron chi connectivity index (χ1n) is 7.83. The molecule has 1 heterocycles. The highest BCUT2D eigenvalue weighted by molar-refractivity contribution is 5.39. The Hall–Kier alpha value is -1.02. The highest BCUT2D eigenvalue weighted by atomic mass is 16.5. The van der Waals surface area contributed by atoms with Crippen LogP contribution in [0.25, 0.3) is 0 Å². The molecule has 19 heavy (non-hydrogen) atoms. The van der Waals surface area contributed by atoms with Crippen molar-refractivity contribution in [1.29, 1.82) is 0 Å². The van der Waals surface area contributed by atoms with Crippen molar-refractivity contribution in [2.24, 2.45) is 11.7 Å². The zero-order valence-electron chi connectivity index (χ0n) is 11.7. The van der Waals surface area contributed by atoms with Crippen molar-refractivity contribution in [3.8, 4) is 5.75 Å². The minimum absolute atomic E-state index is 0.431. The third-order valence-corrected chi connectivity index (χ3v) is 4.78. The molecule has 104 valence electrons.